The zero-order valence-corrected chi connectivity index (χ0v) is 15.3. The Morgan fingerprint density at radius 3 is 2.52 bits per heavy atom. The number of fused-ring (bicyclic) bond motifs is 1. The van der Waals surface area contributed by atoms with Crippen molar-refractivity contribution < 1.29 is 14.3 Å². The number of aryl methyl sites for hydroxylation is 2. The maximum absolute atomic E-state index is 12.1. The van der Waals surface area contributed by atoms with Crippen LogP contribution in [0, 0.1) is 11.3 Å². The van der Waals surface area contributed by atoms with Crippen molar-refractivity contribution in [3.05, 3.63) is 70.3 Å². The third kappa shape index (κ3) is 4.73. The average Bonchev–Trinajstić information content (AvgIpc) is 2.71. The van der Waals surface area contributed by atoms with Gasteiger partial charge in [-0.2, -0.15) is 5.26 Å². The molecule has 0 radical (unpaired) electrons. The van der Waals surface area contributed by atoms with E-state index in [1.54, 1.807) is 0 Å². The lowest BCUT2D eigenvalue weighted by molar-refractivity contribution is -0.124. The molecule has 138 valence electrons. The third-order valence-electron chi connectivity index (χ3n) is 4.83. The fraction of sp³-hybridized carbons (Fsp3) is 0.318. The van der Waals surface area contributed by atoms with Crippen molar-refractivity contribution >= 4 is 11.9 Å². The minimum absolute atomic E-state index is 0.154. The Morgan fingerprint density at radius 1 is 1.11 bits per heavy atom. The van der Waals surface area contributed by atoms with E-state index in [9.17, 15) is 9.59 Å². The van der Waals surface area contributed by atoms with E-state index in [0.29, 0.717) is 11.1 Å². The second-order valence-corrected chi connectivity index (χ2v) is 6.79. The second kappa shape index (κ2) is 8.50. The monoisotopic (exact) mass is 362 g/mol. The SMILES string of the molecule is C[C@@H](NC(=O)COC(=O)c1ccc(C#N)cc1)c1ccc2c(c1)CCCC2. The van der Waals surface area contributed by atoms with Crippen LogP contribution in [-0.4, -0.2) is 18.5 Å². The highest BCUT2D eigenvalue weighted by Gasteiger charge is 2.15. The van der Waals surface area contributed by atoms with Gasteiger partial charge in [0.05, 0.1) is 23.2 Å². The van der Waals surface area contributed by atoms with Crippen LogP contribution in [0.4, 0.5) is 0 Å². The molecular formula is C22H22N2O3. The molecule has 0 saturated carbocycles. The molecule has 0 fully saturated rings. The third-order valence-corrected chi connectivity index (χ3v) is 4.83. The first-order chi connectivity index (χ1) is 13.1. The number of carbonyl (C=O) groups excluding carboxylic acids is 2. The van der Waals surface area contributed by atoms with Gasteiger partial charge in [0.15, 0.2) is 6.61 Å². The number of rotatable bonds is 5. The standard InChI is InChI=1S/C22H22N2O3/c1-15(19-11-10-17-4-2-3-5-20(17)12-19)24-21(25)14-27-22(26)18-8-6-16(13-23)7-9-18/h6-12,15H,2-5,14H2,1H3,(H,24,25)/t15-/m1/s1. The molecule has 0 unspecified atom stereocenters. The number of amides is 1. The van der Waals surface area contributed by atoms with Gasteiger partial charge in [-0.3, -0.25) is 4.79 Å². The molecular weight excluding hydrogens is 340 g/mol. The average molecular weight is 362 g/mol. The molecule has 3 rings (SSSR count). The largest absolute Gasteiger partial charge is 0.452 e. The van der Waals surface area contributed by atoms with Gasteiger partial charge >= 0.3 is 5.97 Å². The van der Waals surface area contributed by atoms with Crippen LogP contribution in [0.1, 0.15) is 58.4 Å². The lowest BCUT2D eigenvalue weighted by Gasteiger charge is -2.20. The van der Waals surface area contributed by atoms with Gasteiger partial charge in [-0.25, -0.2) is 4.79 Å². The van der Waals surface area contributed by atoms with Gasteiger partial charge in [-0.1, -0.05) is 18.2 Å². The van der Waals surface area contributed by atoms with Gasteiger partial charge in [0.1, 0.15) is 0 Å². The number of esters is 1. The summed E-state index contributed by atoms with van der Waals surface area (Å²) in [6.07, 6.45) is 4.67. The normalized spacial score (nSPS) is 13.8. The van der Waals surface area contributed by atoms with Crippen molar-refractivity contribution in [3.63, 3.8) is 0 Å². The van der Waals surface area contributed by atoms with E-state index in [4.69, 9.17) is 10.00 Å². The zero-order chi connectivity index (χ0) is 19.2. The van der Waals surface area contributed by atoms with Crippen LogP contribution in [0.3, 0.4) is 0 Å². The van der Waals surface area contributed by atoms with Gasteiger partial charge < -0.3 is 10.1 Å². The Kier molecular flexibility index (Phi) is 5.87. The number of benzene rings is 2. The number of hydrogen-bond donors (Lipinski definition) is 1. The van der Waals surface area contributed by atoms with Crippen LogP contribution in [-0.2, 0) is 22.4 Å². The van der Waals surface area contributed by atoms with Crippen molar-refractivity contribution in [2.45, 2.75) is 38.6 Å². The minimum atomic E-state index is -0.587. The Morgan fingerprint density at radius 2 is 1.81 bits per heavy atom. The van der Waals surface area contributed by atoms with E-state index < -0.39 is 5.97 Å². The second-order valence-electron chi connectivity index (χ2n) is 6.79. The van der Waals surface area contributed by atoms with E-state index >= 15 is 0 Å². The quantitative estimate of drug-likeness (QED) is 0.826. The summed E-state index contributed by atoms with van der Waals surface area (Å²) in [7, 11) is 0. The molecule has 1 atom stereocenters. The Balaban J connectivity index is 1.52. The summed E-state index contributed by atoms with van der Waals surface area (Å²) in [6, 6.07) is 14.3. The number of nitrogens with one attached hydrogen (secondary N) is 1. The predicted molar refractivity (Wildman–Crippen MR) is 101 cm³/mol. The fourth-order valence-electron chi connectivity index (χ4n) is 3.28. The van der Waals surface area contributed by atoms with Gasteiger partial charge in [-0.05, 0) is 73.6 Å². The Bertz CT molecular complexity index is 881. The topological polar surface area (TPSA) is 79.2 Å². The first-order valence-electron chi connectivity index (χ1n) is 9.15. The summed E-state index contributed by atoms with van der Waals surface area (Å²) in [6.45, 7) is 1.58. The molecule has 0 saturated heterocycles. The highest BCUT2D eigenvalue weighted by Crippen LogP contribution is 2.24. The van der Waals surface area contributed by atoms with Crippen LogP contribution < -0.4 is 5.32 Å². The maximum atomic E-state index is 12.1. The highest BCUT2D eigenvalue weighted by molar-refractivity contribution is 5.91. The van der Waals surface area contributed by atoms with E-state index in [-0.39, 0.29) is 18.6 Å². The molecule has 27 heavy (non-hydrogen) atoms. The molecule has 5 nitrogen and oxygen atoms in total. The minimum Gasteiger partial charge on any atom is -0.452 e. The molecule has 1 aliphatic rings. The number of hydrogen-bond acceptors (Lipinski definition) is 4. The lowest BCUT2D eigenvalue weighted by atomic mass is 9.89. The van der Waals surface area contributed by atoms with Crippen LogP contribution in [0.2, 0.25) is 0 Å². The number of nitrogens with zero attached hydrogens (tertiary/aromatic N) is 1. The van der Waals surface area contributed by atoms with Crippen molar-refractivity contribution in [2.24, 2.45) is 0 Å². The fourth-order valence-corrected chi connectivity index (χ4v) is 3.28. The number of ether oxygens (including phenoxy) is 1. The molecule has 0 bridgehead atoms. The van der Waals surface area contributed by atoms with Crippen molar-refractivity contribution in [1.82, 2.24) is 5.32 Å². The molecule has 1 aliphatic carbocycles. The zero-order valence-electron chi connectivity index (χ0n) is 15.3. The maximum Gasteiger partial charge on any atom is 0.338 e. The van der Waals surface area contributed by atoms with E-state index in [0.717, 1.165) is 18.4 Å². The summed E-state index contributed by atoms with van der Waals surface area (Å²) in [5, 5.41) is 11.6. The first kappa shape index (κ1) is 18.7. The van der Waals surface area contributed by atoms with E-state index in [1.165, 1.54) is 48.2 Å². The van der Waals surface area contributed by atoms with Gasteiger partial charge in [0, 0.05) is 0 Å². The summed E-state index contributed by atoms with van der Waals surface area (Å²) in [5.74, 6) is -0.932. The van der Waals surface area contributed by atoms with E-state index in [1.807, 2.05) is 13.0 Å². The molecule has 1 amide bonds. The highest BCUT2D eigenvalue weighted by atomic mass is 16.5. The molecule has 0 aromatic heterocycles. The molecule has 1 N–H and O–H groups in total. The lowest BCUT2D eigenvalue weighted by Crippen LogP contribution is -2.31. The Labute approximate surface area is 159 Å². The van der Waals surface area contributed by atoms with Crippen molar-refractivity contribution in [3.8, 4) is 6.07 Å². The summed E-state index contributed by atoms with van der Waals surface area (Å²) < 4.78 is 5.06. The van der Waals surface area contributed by atoms with Gasteiger partial charge in [-0.15, -0.1) is 0 Å². The Hall–Kier alpha value is -3.13. The van der Waals surface area contributed by atoms with Crippen molar-refractivity contribution in [1.29, 1.82) is 5.26 Å². The molecule has 5 heteroatoms. The summed E-state index contributed by atoms with van der Waals surface area (Å²) in [4.78, 5) is 24.1. The summed E-state index contributed by atoms with van der Waals surface area (Å²) in [5.41, 5.74) is 4.60. The van der Waals surface area contributed by atoms with Gasteiger partial charge in [0.2, 0.25) is 0 Å². The van der Waals surface area contributed by atoms with Gasteiger partial charge in [0.25, 0.3) is 5.91 Å². The van der Waals surface area contributed by atoms with Crippen LogP contribution >= 0.6 is 0 Å². The van der Waals surface area contributed by atoms with Crippen molar-refractivity contribution in [2.75, 3.05) is 6.61 Å². The molecule has 0 heterocycles. The molecule has 2 aromatic carbocycles. The van der Waals surface area contributed by atoms with Crippen LogP contribution in [0.15, 0.2) is 42.5 Å². The smallest absolute Gasteiger partial charge is 0.338 e. The van der Waals surface area contributed by atoms with E-state index in [2.05, 4.69) is 23.5 Å². The van der Waals surface area contributed by atoms with Crippen LogP contribution in [0.5, 0.6) is 0 Å². The van der Waals surface area contributed by atoms with Crippen LogP contribution in [0.25, 0.3) is 0 Å². The predicted octanol–water partition coefficient (Wildman–Crippen LogP) is 3.47. The molecule has 2 aromatic rings. The summed E-state index contributed by atoms with van der Waals surface area (Å²) >= 11 is 0. The molecule has 0 spiro atoms. The molecule has 0 aliphatic heterocycles. The number of nitriles is 1. The first-order valence-corrected chi connectivity index (χ1v) is 9.15. The number of carbonyl (C=O) groups is 2.